The van der Waals surface area contributed by atoms with E-state index in [1.165, 1.54) is 12.1 Å². The molecule has 6 heteroatoms. The Kier molecular flexibility index (Phi) is 3.65. The summed E-state index contributed by atoms with van der Waals surface area (Å²) >= 11 is 0. The van der Waals surface area contributed by atoms with Crippen LogP contribution in [0.1, 0.15) is 27.3 Å². The van der Waals surface area contributed by atoms with Crippen molar-refractivity contribution in [2.24, 2.45) is 7.05 Å². The molecule has 6 nitrogen and oxygen atoms in total. The first-order valence-corrected chi connectivity index (χ1v) is 6.26. The van der Waals surface area contributed by atoms with Crippen molar-refractivity contribution in [2.75, 3.05) is 5.73 Å². The Morgan fingerprint density at radius 1 is 1.45 bits per heavy atom. The lowest BCUT2D eigenvalue weighted by atomic mass is 10.1. The molecule has 0 fully saturated rings. The van der Waals surface area contributed by atoms with Crippen molar-refractivity contribution in [1.82, 2.24) is 15.1 Å². The van der Waals surface area contributed by atoms with Gasteiger partial charge < -0.3 is 16.2 Å². The Bertz CT molecular complexity index is 661. The Morgan fingerprint density at radius 3 is 2.70 bits per heavy atom. The Morgan fingerprint density at radius 2 is 2.15 bits per heavy atom. The summed E-state index contributed by atoms with van der Waals surface area (Å²) in [6.45, 7) is 4.26. The van der Waals surface area contributed by atoms with Crippen molar-refractivity contribution < 1.29 is 9.90 Å². The van der Waals surface area contributed by atoms with Gasteiger partial charge in [-0.2, -0.15) is 5.10 Å². The molecule has 106 valence electrons. The van der Waals surface area contributed by atoms with E-state index in [4.69, 9.17) is 5.73 Å². The van der Waals surface area contributed by atoms with Gasteiger partial charge in [0.25, 0.3) is 5.91 Å². The standard InChI is InChI=1S/C14H18N4O2/c1-8-11(9(2)18(3)17-8)7-16-14(20)10-4-5-12(15)13(19)6-10/h4-6,19H,7,15H2,1-3H3,(H,16,20). The average Bonchev–Trinajstić information content (AvgIpc) is 2.64. The third-order valence-electron chi connectivity index (χ3n) is 3.38. The molecule has 20 heavy (non-hydrogen) atoms. The number of nitrogens with zero attached hydrogens (tertiary/aromatic N) is 2. The zero-order valence-electron chi connectivity index (χ0n) is 11.8. The average molecular weight is 274 g/mol. The number of phenolic OH excluding ortho intramolecular Hbond substituents is 1. The van der Waals surface area contributed by atoms with Crippen LogP contribution in [0.4, 0.5) is 5.69 Å². The van der Waals surface area contributed by atoms with E-state index in [2.05, 4.69) is 10.4 Å². The normalized spacial score (nSPS) is 10.6. The van der Waals surface area contributed by atoms with Crippen LogP contribution in [0.3, 0.4) is 0 Å². The molecule has 1 amide bonds. The number of carbonyl (C=O) groups is 1. The summed E-state index contributed by atoms with van der Waals surface area (Å²) in [5, 5.41) is 16.6. The number of hydrogen-bond donors (Lipinski definition) is 3. The van der Waals surface area contributed by atoms with Gasteiger partial charge in [0.2, 0.25) is 0 Å². The van der Waals surface area contributed by atoms with Crippen molar-refractivity contribution in [3.05, 3.63) is 40.7 Å². The van der Waals surface area contributed by atoms with Gasteiger partial charge in [-0.15, -0.1) is 0 Å². The fraction of sp³-hybridized carbons (Fsp3) is 0.286. The fourth-order valence-electron chi connectivity index (χ4n) is 2.03. The highest BCUT2D eigenvalue weighted by Crippen LogP contribution is 2.20. The number of aromatic nitrogens is 2. The van der Waals surface area contributed by atoms with E-state index in [9.17, 15) is 9.90 Å². The van der Waals surface area contributed by atoms with Gasteiger partial charge in [0.1, 0.15) is 5.75 Å². The van der Waals surface area contributed by atoms with Crippen LogP contribution in [0, 0.1) is 13.8 Å². The van der Waals surface area contributed by atoms with Crippen LogP contribution in [-0.4, -0.2) is 20.8 Å². The molecule has 2 rings (SSSR count). The summed E-state index contributed by atoms with van der Waals surface area (Å²) in [7, 11) is 1.87. The van der Waals surface area contributed by atoms with Gasteiger partial charge in [0.15, 0.2) is 0 Å². The van der Waals surface area contributed by atoms with Gasteiger partial charge >= 0.3 is 0 Å². The Hall–Kier alpha value is -2.50. The maximum Gasteiger partial charge on any atom is 0.251 e. The maximum absolute atomic E-state index is 12.0. The molecule has 0 unspecified atom stereocenters. The highest BCUT2D eigenvalue weighted by Gasteiger charge is 2.12. The van der Waals surface area contributed by atoms with E-state index in [1.807, 2.05) is 20.9 Å². The molecule has 0 radical (unpaired) electrons. The predicted molar refractivity (Wildman–Crippen MR) is 76.4 cm³/mol. The van der Waals surface area contributed by atoms with Crippen molar-refractivity contribution in [3.8, 4) is 5.75 Å². The van der Waals surface area contributed by atoms with Gasteiger partial charge in [-0.3, -0.25) is 9.48 Å². The molecule has 0 aliphatic rings. The van der Waals surface area contributed by atoms with E-state index in [-0.39, 0.29) is 17.3 Å². The number of aryl methyl sites for hydroxylation is 2. The van der Waals surface area contributed by atoms with Crippen LogP contribution in [-0.2, 0) is 13.6 Å². The Balaban J connectivity index is 2.10. The van der Waals surface area contributed by atoms with Crippen LogP contribution < -0.4 is 11.1 Å². The number of nitrogens with two attached hydrogens (primary N) is 1. The minimum Gasteiger partial charge on any atom is -0.506 e. The number of phenols is 1. The first-order valence-electron chi connectivity index (χ1n) is 6.26. The SMILES string of the molecule is Cc1nn(C)c(C)c1CNC(=O)c1ccc(N)c(O)c1. The van der Waals surface area contributed by atoms with E-state index in [0.29, 0.717) is 12.1 Å². The lowest BCUT2D eigenvalue weighted by Crippen LogP contribution is -2.23. The molecule has 0 spiro atoms. The second-order valence-electron chi connectivity index (χ2n) is 4.73. The van der Waals surface area contributed by atoms with Gasteiger partial charge in [0, 0.05) is 30.4 Å². The molecular formula is C14H18N4O2. The summed E-state index contributed by atoms with van der Waals surface area (Å²) in [5.74, 6) is -0.352. The number of benzene rings is 1. The van der Waals surface area contributed by atoms with Gasteiger partial charge in [-0.05, 0) is 32.0 Å². The zero-order chi connectivity index (χ0) is 14.9. The van der Waals surface area contributed by atoms with Crippen LogP contribution in [0.5, 0.6) is 5.75 Å². The first-order chi connectivity index (χ1) is 9.40. The summed E-state index contributed by atoms with van der Waals surface area (Å²) in [4.78, 5) is 12.0. The summed E-state index contributed by atoms with van der Waals surface area (Å²) in [6, 6.07) is 4.44. The molecule has 0 atom stereocenters. The van der Waals surface area contributed by atoms with Gasteiger partial charge in [0.05, 0.1) is 11.4 Å². The summed E-state index contributed by atoms with van der Waals surface area (Å²) in [6.07, 6.45) is 0. The molecule has 4 N–H and O–H groups in total. The molecular weight excluding hydrogens is 256 g/mol. The zero-order valence-corrected chi connectivity index (χ0v) is 11.8. The number of carbonyl (C=O) groups excluding carboxylic acids is 1. The lowest BCUT2D eigenvalue weighted by Gasteiger charge is -2.07. The number of rotatable bonds is 3. The minimum atomic E-state index is -0.261. The van der Waals surface area contributed by atoms with Crippen LogP contribution in [0.15, 0.2) is 18.2 Å². The first kappa shape index (κ1) is 13.9. The largest absolute Gasteiger partial charge is 0.506 e. The summed E-state index contributed by atoms with van der Waals surface area (Å²) in [5.41, 5.74) is 9.04. The van der Waals surface area contributed by atoms with Crippen molar-refractivity contribution in [1.29, 1.82) is 0 Å². The highest BCUT2D eigenvalue weighted by atomic mass is 16.3. The number of nitrogens with one attached hydrogen (secondary N) is 1. The molecule has 0 bridgehead atoms. The number of nitrogen functional groups attached to an aromatic ring is 1. The second-order valence-corrected chi connectivity index (χ2v) is 4.73. The van der Waals surface area contributed by atoms with Crippen LogP contribution >= 0.6 is 0 Å². The smallest absolute Gasteiger partial charge is 0.251 e. The quantitative estimate of drug-likeness (QED) is 0.580. The predicted octanol–water partition coefficient (Wildman–Crippen LogP) is 1.25. The third-order valence-corrected chi connectivity index (χ3v) is 3.38. The van der Waals surface area contributed by atoms with E-state index < -0.39 is 0 Å². The number of aromatic hydroxyl groups is 1. The van der Waals surface area contributed by atoms with Crippen LogP contribution in [0.25, 0.3) is 0 Å². The molecule has 1 aromatic carbocycles. The topological polar surface area (TPSA) is 93.2 Å². The number of amides is 1. The van der Waals surface area contributed by atoms with Crippen molar-refractivity contribution in [2.45, 2.75) is 20.4 Å². The fourth-order valence-corrected chi connectivity index (χ4v) is 2.03. The van der Waals surface area contributed by atoms with Gasteiger partial charge in [-0.1, -0.05) is 0 Å². The monoisotopic (exact) mass is 274 g/mol. The van der Waals surface area contributed by atoms with E-state index in [0.717, 1.165) is 17.0 Å². The molecule has 0 saturated heterocycles. The van der Waals surface area contributed by atoms with Crippen molar-refractivity contribution in [3.63, 3.8) is 0 Å². The molecule has 1 heterocycles. The maximum atomic E-state index is 12.0. The molecule has 0 aliphatic heterocycles. The molecule has 2 aromatic rings. The number of hydrogen-bond acceptors (Lipinski definition) is 4. The highest BCUT2D eigenvalue weighted by molar-refractivity contribution is 5.95. The van der Waals surface area contributed by atoms with Crippen molar-refractivity contribution >= 4 is 11.6 Å². The van der Waals surface area contributed by atoms with Gasteiger partial charge in [-0.25, -0.2) is 0 Å². The Labute approximate surface area is 117 Å². The molecule has 0 aliphatic carbocycles. The lowest BCUT2D eigenvalue weighted by molar-refractivity contribution is 0.0950. The second kappa shape index (κ2) is 5.24. The molecule has 0 saturated carbocycles. The number of anilines is 1. The van der Waals surface area contributed by atoms with Crippen LogP contribution in [0.2, 0.25) is 0 Å². The van der Waals surface area contributed by atoms with E-state index in [1.54, 1.807) is 10.7 Å². The third kappa shape index (κ3) is 2.59. The molecule has 1 aromatic heterocycles. The van der Waals surface area contributed by atoms with E-state index >= 15 is 0 Å². The summed E-state index contributed by atoms with van der Waals surface area (Å²) < 4.78 is 1.78. The minimum absolute atomic E-state index is 0.0913.